The van der Waals surface area contributed by atoms with E-state index in [0.717, 1.165) is 6.42 Å². The Hall–Kier alpha value is -2.86. The van der Waals surface area contributed by atoms with Crippen molar-refractivity contribution < 1.29 is 0 Å². The summed E-state index contributed by atoms with van der Waals surface area (Å²) >= 11 is 0. The summed E-state index contributed by atoms with van der Waals surface area (Å²) in [6.07, 6.45) is 1.04. The average molecular weight is 320 g/mol. The molecule has 0 unspecified atom stereocenters. The highest BCUT2D eigenvalue weighted by Gasteiger charge is 2.23. The zero-order chi connectivity index (χ0) is 17.0. The molecular weight excluding hydrogens is 300 g/mol. The van der Waals surface area contributed by atoms with Crippen LogP contribution in [0, 0.1) is 13.8 Å². The van der Waals surface area contributed by atoms with Crippen molar-refractivity contribution in [2.45, 2.75) is 20.3 Å². The SMILES string of the molecule is Cc1cc2c(c(-c3ccc4ccccc4c3)c1C)Cc1ccccc1-2. The van der Waals surface area contributed by atoms with Crippen LogP contribution in [0.1, 0.15) is 22.3 Å². The van der Waals surface area contributed by atoms with Crippen LogP contribution in [0.4, 0.5) is 0 Å². The predicted molar refractivity (Wildman–Crippen MR) is 107 cm³/mol. The Morgan fingerprint density at radius 1 is 0.680 bits per heavy atom. The Balaban J connectivity index is 1.80. The van der Waals surface area contributed by atoms with Crippen molar-refractivity contribution in [3.05, 3.63) is 95.1 Å². The predicted octanol–water partition coefficient (Wildman–Crippen LogP) is 6.69. The maximum absolute atomic E-state index is 2.38. The largest absolute Gasteiger partial charge is 0.0619 e. The number of rotatable bonds is 1. The first-order valence-corrected chi connectivity index (χ1v) is 8.93. The lowest BCUT2D eigenvalue weighted by atomic mass is 9.88. The van der Waals surface area contributed by atoms with Gasteiger partial charge in [0, 0.05) is 0 Å². The first-order valence-electron chi connectivity index (χ1n) is 8.93. The molecule has 5 rings (SSSR count). The van der Waals surface area contributed by atoms with Gasteiger partial charge in [0.1, 0.15) is 0 Å². The van der Waals surface area contributed by atoms with Gasteiger partial charge in [0.15, 0.2) is 0 Å². The quantitative estimate of drug-likeness (QED) is 0.322. The molecule has 0 heteroatoms. The van der Waals surface area contributed by atoms with Gasteiger partial charge in [0.05, 0.1) is 0 Å². The molecule has 1 aliphatic carbocycles. The monoisotopic (exact) mass is 320 g/mol. The molecule has 0 saturated heterocycles. The van der Waals surface area contributed by atoms with Gasteiger partial charge in [-0.25, -0.2) is 0 Å². The van der Waals surface area contributed by atoms with E-state index in [1.807, 2.05) is 0 Å². The van der Waals surface area contributed by atoms with E-state index in [1.54, 1.807) is 0 Å². The summed E-state index contributed by atoms with van der Waals surface area (Å²) in [7, 11) is 0. The molecule has 0 aliphatic heterocycles. The van der Waals surface area contributed by atoms with Crippen LogP contribution >= 0.6 is 0 Å². The molecule has 0 amide bonds. The summed E-state index contributed by atoms with van der Waals surface area (Å²) in [4.78, 5) is 0. The molecule has 0 fully saturated rings. The molecule has 4 aromatic carbocycles. The standard InChI is InChI=1S/C25H20/c1-16-13-23-22-10-6-5-9-20(22)15-24(23)25(17(16)2)21-12-11-18-7-3-4-8-19(18)14-21/h3-14H,15H2,1-2H3. The second-order valence-electron chi connectivity index (χ2n) is 7.12. The van der Waals surface area contributed by atoms with Crippen LogP contribution < -0.4 is 0 Å². The van der Waals surface area contributed by atoms with Gasteiger partial charge in [0.2, 0.25) is 0 Å². The van der Waals surface area contributed by atoms with Crippen molar-refractivity contribution >= 4 is 10.8 Å². The van der Waals surface area contributed by atoms with Crippen molar-refractivity contribution in [3.8, 4) is 22.3 Å². The fourth-order valence-corrected chi connectivity index (χ4v) is 4.26. The van der Waals surface area contributed by atoms with Gasteiger partial charge in [-0.05, 0) is 81.6 Å². The number of hydrogen-bond donors (Lipinski definition) is 0. The minimum Gasteiger partial charge on any atom is -0.0619 e. The number of hydrogen-bond acceptors (Lipinski definition) is 0. The fourth-order valence-electron chi connectivity index (χ4n) is 4.26. The molecule has 1 aliphatic rings. The summed E-state index contributed by atoms with van der Waals surface area (Å²) in [6, 6.07) is 26.7. The minimum absolute atomic E-state index is 1.04. The third-order valence-corrected chi connectivity index (χ3v) is 5.67. The van der Waals surface area contributed by atoms with E-state index in [0.29, 0.717) is 0 Å². The van der Waals surface area contributed by atoms with Crippen molar-refractivity contribution in [1.29, 1.82) is 0 Å². The molecule has 0 N–H and O–H groups in total. The Kier molecular flexibility index (Phi) is 3.08. The summed E-state index contributed by atoms with van der Waals surface area (Å²) in [5, 5.41) is 2.61. The van der Waals surface area contributed by atoms with Crippen LogP contribution in [0.3, 0.4) is 0 Å². The number of aryl methyl sites for hydroxylation is 1. The lowest BCUT2D eigenvalue weighted by Crippen LogP contribution is -1.95. The summed E-state index contributed by atoms with van der Waals surface area (Å²) < 4.78 is 0. The van der Waals surface area contributed by atoms with Crippen LogP contribution in [0.25, 0.3) is 33.0 Å². The fraction of sp³-hybridized carbons (Fsp3) is 0.120. The Labute approximate surface area is 148 Å². The highest BCUT2D eigenvalue weighted by molar-refractivity contribution is 5.92. The molecule has 0 spiro atoms. The second-order valence-corrected chi connectivity index (χ2v) is 7.12. The van der Waals surface area contributed by atoms with Crippen molar-refractivity contribution in [2.75, 3.05) is 0 Å². The molecule has 0 radical (unpaired) electrons. The Bertz CT molecular complexity index is 1130. The topological polar surface area (TPSA) is 0 Å². The van der Waals surface area contributed by atoms with E-state index < -0.39 is 0 Å². The van der Waals surface area contributed by atoms with E-state index in [4.69, 9.17) is 0 Å². The number of fused-ring (bicyclic) bond motifs is 4. The normalized spacial score (nSPS) is 12.2. The smallest absolute Gasteiger partial charge is 0.000718 e. The molecule has 120 valence electrons. The van der Waals surface area contributed by atoms with E-state index in [-0.39, 0.29) is 0 Å². The Morgan fingerprint density at radius 2 is 1.44 bits per heavy atom. The maximum Gasteiger partial charge on any atom is -0.000718 e. The van der Waals surface area contributed by atoms with Gasteiger partial charge in [-0.1, -0.05) is 66.7 Å². The van der Waals surface area contributed by atoms with Gasteiger partial charge in [-0.15, -0.1) is 0 Å². The van der Waals surface area contributed by atoms with Gasteiger partial charge in [0.25, 0.3) is 0 Å². The molecule has 0 nitrogen and oxygen atoms in total. The van der Waals surface area contributed by atoms with Crippen LogP contribution in [-0.4, -0.2) is 0 Å². The van der Waals surface area contributed by atoms with Crippen molar-refractivity contribution in [2.24, 2.45) is 0 Å². The van der Waals surface area contributed by atoms with Crippen molar-refractivity contribution in [3.63, 3.8) is 0 Å². The van der Waals surface area contributed by atoms with E-state index in [2.05, 4.69) is 86.6 Å². The van der Waals surface area contributed by atoms with Gasteiger partial charge >= 0.3 is 0 Å². The van der Waals surface area contributed by atoms with Gasteiger partial charge < -0.3 is 0 Å². The summed E-state index contributed by atoms with van der Waals surface area (Å²) in [5.74, 6) is 0. The first kappa shape index (κ1) is 14.5. The Morgan fingerprint density at radius 3 is 2.32 bits per heavy atom. The lowest BCUT2D eigenvalue weighted by molar-refractivity contribution is 1.23. The summed E-state index contributed by atoms with van der Waals surface area (Å²) in [6.45, 7) is 4.50. The lowest BCUT2D eigenvalue weighted by Gasteiger charge is -2.16. The van der Waals surface area contributed by atoms with Crippen LogP contribution in [0.2, 0.25) is 0 Å². The average Bonchev–Trinajstić information content (AvgIpc) is 3.00. The van der Waals surface area contributed by atoms with E-state index in [9.17, 15) is 0 Å². The third-order valence-electron chi connectivity index (χ3n) is 5.67. The molecule has 0 bridgehead atoms. The zero-order valence-electron chi connectivity index (χ0n) is 14.6. The molecule has 0 heterocycles. The third kappa shape index (κ3) is 2.14. The summed E-state index contributed by atoms with van der Waals surface area (Å²) in [5.41, 5.74) is 11.3. The molecule has 25 heavy (non-hydrogen) atoms. The molecule has 0 saturated carbocycles. The molecular formula is C25H20. The second kappa shape index (κ2) is 5.32. The molecule has 4 aromatic rings. The first-order chi connectivity index (χ1) is 12.2. The van der Waals surface area contributed by atoms with E-state index >= 15 is 0 Å². The molecule has 0 atom stereocenters. The van der Waals surface area contributed by atoms with Crippen LogP contribution in [-0.2, 0) is 6.42 Å². The van der Waals surface area contributed by atoms with Crippen LogP contribution in [0.15, 0.2) is 72.8 Å². The minimum atomic E-state index is 1.04. The van der Waals surface area contributed by atoms with E-state index in [1.165, 1.54) is 55.3 Å². The maximum atomic E-state index is 2.38. The van der Waals surface area contributed by atoms with Gasteiger partial charge in [-0.3, -0.25) is 0 Å². The van der Waals surface area contributed by atoms with Gasteiger partial charge in [-0.2, -0.15) is 0 Å². The molecule has 0 aromatic heterocycles. The highest BCUT2D eigenvalue weighted by atomic mass is 14.3. The van der Waals surface area contributed by atoms with Crippen LogP contribution in [0.5, 0.6) is 0 Å². The highest BCUT2D eigenvalue weighted by Crippen LogP contribution is 2.44. The zero-order valence-corrected chi connectivity index (χ0v) is 14.6. The number of benzene rings is 4. The van der Waals surface area contributed by atoms with Crippen molar-refractivity contribution in [1.82, 2.24) is 0 Å².